The van der Waals surface area contributed by atoms with E-state index in [4.69, 9.17) is 16.3 Å². The van der Waals surface area contributed by atoms with Crippen molar-refractivity contribution in [2.75, 3.05) is 20.3 Å². The zero-order chi connectivity index (χ0) is 13.7. The highest BCUT2D eigenvalue weighted by atomic mass is 35.5. The molecule has 19 heavy (non-hydrogen) atoms. The van der Waals surface area contributed by atoms with Gasteiger partial charge in [0.15, 0.2) is 0 Å². The molecular weight excluding hydrogens is 262 g/mol. The zero-order valence-electron chi connectivity index (χ0n) is 11.4. The van der Waals surface area contributed by atoms with Gasteiger partial charge in [-0.15, -0.1) is 0 Å². The second-order valence-corrected chi connectivity index (χ2v) is 5.86. The molecule has 0 radical (unpaired) electrons. The molecule has 0 spiro atoms. The SMILES string of the molecule is COc1ccc(Cl)cc1CNCC1(CO)CCCC1. The lowest BCUT2D eigenvalue weighted by atomic mass is 9.87. The van der Waals surface area contributed by atoms with Crippen molar-refractivity contribution in [3.05, 3.63) is 28.8 Å². The highest BCUT2D eigenvalue weighted by molar-refractivity contribution is 6.30. The summed E-state index contributed by atoms with van der Waals surface area (Å²) in [5.74, 6) is 0.848. The average molecular weight is 284 g/mol. The van der Waals surface area contributed by atoms with E-state index < -0.39 is 0 Å². The predicted octanol–water partition coefficient (Wildman–Crippen LogP) is 2.99. The van der Waals surface area contributed by atoms with Crippen LogP contribution in [0.1, 0.15) is 31.2 Å². The van der Waals surface area contributed by atoms with Crippen LogP contribution in [-0.2, 0) is 6.54 Å². The monoisotopic (exact) mass is 283 g/mol. The maximum Gasteiger partial charge on any atom is 0.123 e. The number of ether oxygens (including phenoxy) is 1. The summed E-state index contributed by atoms with van der Waals surface area (Å²) in [6.07, 6.45) is 4.68. The van der Waals surface area contributed by atoms with Gasteiger partial charge in [0.1, 0.15) is 5.75 Å². The van der Waals surface area contributed by atoms with Crippen LogP contribution in [0.5, 0.6) is 5.75 Å². The molecule has 0 unspecified atom stereocenters. The van der Waals surface area contributed by atoms with Crippen LogP contribution in [0.25, 0.3) is 0 Å². The highest BCUT2D eigenvalue weighted by Crippen LogP contribution is 2.37. The highest BCUT2D eigenvalue weighted by Gasteiger charge is 2.32. The van der Waals surface area contributed by atoms with E-state index >= 15 is 0 Å². The van der Waals surface area contributed by atoms with Crippen LogP contribution < -0.4 is 10.1 Å². The summed E-state index contributed by atoms with van der Waals surface area (Å²) in [7, 11) is 1.67. The summed E-state index contributed by atoms with van der Waals surface area (Å²) >= 11 is 6.01. The minimum atomic E-state index is 0.0752. The van der Waals surface area contributed by atoms with Gasteiger partial charge in [-0.2, -0.15) is 0 Å². The minimum Gasteiger partial charge on any atom is -0.496 e. The molecule has 0 aliphatic heterocycles. The summed E-state index contributed by atoms with van der Waals surface area (Å²) in [6.45, 7) is 1.83. The molecule has 1 aliphatic rings. The molecule has 1 aromatic rings. The molecule has 4 heteroatoms. The molecule has 0 bridgehead atoms. The van der Waals surface area contributed by atoms with Gasteiger partial charge in [-0.05, 0) is 31.0 Å². The lowest BCUT2D eigenvalue weighted by Gasteiger charge is -2.27. The molecule has 2 rings (SSSR count). The Morgan fingerprint density at radius 3 is 2.74 bits per heavy atom. The topological polar surface area (TPSA) is 41.5 Å². The Bertz CT molecular complexity index is 417. The van der Waals surface area contributed by atoms with E-state index in [9.17, 15) is 5.11 Å². The standard InChI is InChI=1S/C15H22ClNO2/c1-19-14-5-4-13(16)8-12(14)9-17-10-15(11-18)6-2-3-7-15/h4-5,8,17-18H,2-3,6-7,9-11H2,1H3. The van der Waals surface area contributed by atoms with E-state index in [0.29, 0.717) is 6.54 Å². The first-order valence-corrected chi connectivity index (χ1v) is 7.21. The van der Waals surface area contributed by atoms with E-state index in [2.05, 4.69) is 5.32 Å². The van der Waals surface area contributed by atoms with Crippen LogP contribution in [0.15, 0.2) is 18.2 Å². The fourth-order valence-electron chi connectivity index (χ4n) is 2.86. The first-order chi connectivity index (χ1) is 9.19. The molecule has 106 valence electrons. The van der Waals surface area contributed by atoms with Crippen LogP contribution in [-0.4, -0.2) is 25.4 Å². The van der Waals surface area contributed by atoms with Gasteiger partial charge < -0.3 is 15.2 Å². The van der Waals surface area contributed by atoms with Gasteiger partial charge >= 0.3 is 0 Å². The Morgan fingerprint density at radius 2 is 2.11 bits per heavy atom. The van der Waals surface area contributed by atoms with Crippen molar-refractivity contribution in [3.8, 4) is 5.75 Å². The molecular formula is C15H22ClNO2. The van der Waals surface area contributed by atoms with Crippen molar-refractivity contribution in [2.24, 2.45) is 5.41 Å². The van der Waals surface area contributed by atoms with Crippen LogP contribution in [0.3, 0.4) is 0 Å². The average Bonchev–Trinajstić information content (AvgIpc) is 2.88. The summed E-state index contributed by atoms with van der Waals surface area (Å²) in [5.41, 5.74) is 1.13. The number of aliphatic hydroxyl groups is 1. The second kappa shape index (κ2) is 6.60. The Morgan fingerprint density at radius 1 is 1.37 bits per heavy atom. The van der Waals surface area contributed by atoms with Gasteiger partial charge in [0.05, 0.1) is 7.11 Å². The number of nitrogens with one attached hydrogen (secondary N) is 1. The first-order valence-electron chi connectivity index (χ1n) is 6.83. The van der Waals surface area contributed by atoms with E-state index in [1.807, 2.05) is 18.2 Å². The summed E-state index contributed by atoms with van der Waals surface area (Å²) in [5, 5.41) is 13.7. The van der Waals surface area contributed by atoms with E-state index in [1.165, 1.54) is 12.8 Å². The Hall–Kier alpha value is -0.770. The number of rotatable bonds is 6. The van der Waals surface area contributed by atoms with Crippen molar-refractivity contribution in [1.29, 1.82) is 0 Å². The Kier molecular flexibility index (Phi) is 5.08. The number of halogens is 1. The van der Waals surface area contributed by atoms with E-state index in [0.717, 1.165) is 35.7 Å². The molecule has 1 aromatic carbocycles. The number of benzene rings is 1. The molecule has 0 saturated heterocycles. The lowest BCUT2D eigenvalue weighted by Crippen LogP contribution is -2.34. The van der Waals surface area contributed by atoms with Crippen molar-refractivity contribution in [2.45, 2.75) is 32.2 Å². The maximum absolute atomic E-state index is 9.57. The van der Waals surface area contributed by atoms with E-state index in [1.54, 1.807) is 7.11 Å². The molecule has 1 fully saturated rings. The van der Waals surface area contributed by atoms with Crippen LogP contribution in [0.4, 0.5) is 0 Å². The third-order valence-electron chi connectivity index (χ3n) is 4.06. The molecule has 3 nitrogen and oxygen atoms in total. The van der Waals surface area contributed by atoms with Crippen molar-refractivity contribution < 1.29 is 9.84 Å². The smallest absolute Gasteiger partial charge is 0.123 e. The Balaban J connectivity index is 1.93. The minimum absolute atomic E-state index is 0.0752. The maximum atomic E-state index is 9.57. The quantitative estimate of drug-likeness (QED) is 0.843. The third-order valence-corrected chi connectivity index (χ3v) is 4.29. The third kappa shape index (κ3) is 3.62. The molecule has 1 saturated carbocycles. The van der Waals surface area contributed by atoms with E-state index in [-0.39, 0.29) is 12.0 Å². The van der Waals surface area contributed by atoms with Crippen LogP contribution in [0, 0.1) is 5.41 Å². The van der Waals surface area contributed by atoms with Crippen molar-refractivity contribution in [1.82, 2.24) is 5.32 Å². The summed E-state index contributed by atoms with van der Waals surface area (Å²) < 4.78 is 5.33. The fourth-order valence-corrected chi connectivity index (χ4v) is 3.06. The van der Waals surface area contributed by atoms with Gasteiger partial charge in [0.2, 0.25) is 0 Å². The van der Waals surface area contributed by atoms with Gasteiger partial charge in [-0.1, -0.05) is 24.4 Å². The van der Waals surface area contributed by atoms with Crippen molar-refractivity contribution >= 4 is 11.6 Å². The molecule has 1 aliphatic carbocycles. The number of aliphatic hydroxyl groups excluding tert-OH is 1. The largest absolute Gasteiger partial charge is 0.496 e. The van der Waals surface area contributed by atoms with Crippen LogP contribution >= 0.6 is 11.6 Å². The first kappa shape index (κ1) is 14.6. The molecule has 0 heterocycles. The van der Waals surface area contributed by atoms with Gasteiger partial charge in [0.25, 0.3) is 0 Å². The Labute approximate surface area is 119 Å². The summed E-state index contributed by atoms with van der Waals surface area (Å²) in [4.78, 5) is 0. The molecule has 0 amide bonds. The number of hydrogen-bond acceptors (Lipinski definition) is 3. The molecule has 0 atom stereocenters. The molecule has 0 aromatic heterocycles. The fraction of sp³-hybridized carbons (Fsp3) is 0.600. The second-order valence-electron chi connectivity index (χ2n) is 5.42. The zero-order valence-corrected chi connectivity index (χ0v) is 12.2. The predicted molar refractivity (Wildman–Crippen MR) is 77.7 cm³/mol. The number of hydrogen-bond donors (Lipinski definition) is 2. The lowest BCUT2D eigenvalue weighted by molar-refractivity contribution is 0.128. The van der Waals surface area contributed by atoms with Crippen molar-refractivity contribution in [3.63, 3.8) is 0 Å². The number of methoxy groups -OCH3 is 1. The van der Waals surface area contributed by atoms with Gasteiger partial charge in [0, 0.05) is 35.7 Å². The van der Waals surface area contributed by atoms with Gasteiger partial charge in [-0.3, -0.25) is 0 Å². The van der Waals surface area contributed by atoms with Gasteiger partial charge in [-0.25, -0.2) is 0 Å². The molecule has 2 N–H and O–H groups in total. The normalized spacial score (nSPS) is 17.6. The van der Waals surface area contributed by atoms with Crippen LogP contribution in [0.2, 0.25) is 5.02 Å². The summed E-state index contributed by atoms with van der Waals surface area (Å²) in [6, 6.07) is 5.64.